The van der Waals surface area contributed by atoms with E-state index >= 15 is 0 Å². The van der Waals surface area contributed by atoms with Gasteiger partial charge in [0.25, 0.3) is 0 Å². The quantitative estimate of drug-likeness (QED) is 0.767. The van der Waals surface area contributed by atoms with Gasteiger partial charge in [-0.2, -0.15) is 5.26 Å². The van der Waals surface area contributed by atoms with E-state index < -0.39 is 14.6 Å². The van der Waals surface area contributed by atoms with Crippen LogP contribution in [0.25, 0.3) is 0 Å². The number of hydrogen-bond acceptors (Lipinski definition) is 3. The Balaban J connectivity index is 3.45. The number of sulfone groups is 1. The van der Waals surface area contributed by atoms with Crippen LogP contribution < -0.4 is 0 Å². The van der Waals surface area contributed by atoms with Gasteiger partial charge in [-0.25, -0.2) is 8.42 Å². The standard InChI is InChI=1S/C11H13NO2S/c1-9-5-4-6-10(7-9)11(2,8-12)15(3,13)14/h4-7H,1-3H3. The lowest BCUT2D eigenvalue weighted by Gasteiger charge is -2.20. The largest absolute Gasteiger partial charge is 0.227 e. The Morgan fingerprint density at radius 2 is 2.00 bits per heavy atom. The predicted octanol–water partition coefficient (Wildman–Crippen LogP) is 1.78. The van der Waals surface area contributed by atoms with E-state index in [9.17, 15) is 8.42 Å². The molecule has 1 atom stereocenters. The molecule has 0 spiro atoms. The second-order valence-electron chi connectivity index (χ2n) is 3.79. The summed E-state index contributed by atoms with van der Waals surface area (Å²) < 4.78 is 21.7. The van der Waals surface area contributed by atoms with Crippen molar-refractivity contribution in [2.75, 3.05) is 6.26 Å². The molecule has 0 N–H and O–H groups in total. The SMILES string of the molecule is Cc1cccc(C(C)(C#N)S(C)(=O)=O)c1. The van der Waals surface area contributed by atoms with E-state index in [1.165, 1.54) is 6.92 Å². The monoisotopic (exact) mass is 223 g/mol. The first-order chi connectivity index (χ1) is 6.81. The maximum Gasteiger partial charge on any atom is 0.180 e. The summed E-state index contributed by atoms with van der Waals surface area (Å²) in [6, 6.07) is 8.88. The molecule has 0 fully saturated rings. The maximum absolute atomic E-state index is 11.6. The van der Waals surface area contributed by atoms with E-state index in [4.69, 9.17) is 5.26 Å². The van der Waals surface area contributed by atoms with Crippen LogP contribution in [0.4, 0.5) is 0 Å². The van der Waals surface area contributed by atoms with E-state index in [0.29, 0.717) is 5.56 Å². The first-order valence-corrected chi connectivity index (χ1v) is 6.38. The van der Waals surface area contributed by atoms with Gasteiger partial charge in [0.2, 0.25) is 0 Å². The van der Waals surface area contributed by atoms with Gasteiger partial charge in [0, 0.05) is 6.26 Å². The average molecular weight is 223 g/mol. The van der Waals surface area contributed by atoms with Crippen LogP contribution in [-0.4, -0.2) is 14.7 Å². The van der Waals surface area contributed by atoms with Crippen molar-refractivity contribution in [2.24, 2.45) is 0 Å². The molecule has 3 nitrogen and oxygen atoms in total. The predicted molar refractivity (Wildman–Crippen MR) is 59.0 cm³/mol. The van der Waals surface area contributed by atoms with Crippen molar-refractivity contribution >= 4 is 9.84 Å². The smallest absolute Gasteiger partial charge is 0.180 e. The Morgan fingerprint density at radius 1 is 1.40 bits per heavy atom. The van der Waals surface area contributed by atoms with Crippen molar-refractivity contribution in [2.45, 2.75) is 18.6 Å². The van der Waals surface area contributed by atoms with Gasteiger partial charge in [-0.3, -0.25) is 0 Å². The van der Waals surface area contributed by atoms with E-state index in [1.54, 1.807) is 18.2 Å². The minimum absolute atomic E-state index is 0.521. The van der Waals surface area contributed by atoms with Crippen molar-refractivity contribution in [3.8, 4) is 6.07 Å². The topological polar surface area (TPSA) is 57.9 Å². The molecule has 0 aliphatic rings. The van der Waals surface area contributed by atoms with Crippen LogP contribution in [-0.2, 0) is 14.6 Å². The number of nitrogens with zero attached hydrogens (tertiary/aromatic N) is 1. The first-order valence-electron chi connectivity index (χ1n) is 4.49. The second-order valence-corrected chi connectivity index (χ2v) is 6.15. The molecule has 15 heavy (non-hydrogen) atoms. The zero-order chi connectivity index (χ0) is 11.7. The zero-order valence-corrected chi connectivity index (χ0v) is 9.80. The van der Waals surface area contributed by atoms with Gasteiger partial charge in [-0.05, 0) is 19.4 Å². The molecule has 4 heteroatoms. The molecule has 1 rings (SSSR count). The van der Waals surface area contributed by atoms with Crippen molar-refractivity contribution in [1.29, 1.82) is 5.26 Å². The molecule has 0 radical (unpaired) electrons. The van der Waals surface area contributed by atoms with Crippen molar-refractivity contribution in [1.82, 2.24) is 0 Å². The van der Waals surface area contributed by atoms with E-state index in [2.05, 4.69) is 0 Å². The number of benzene rings is 1. The van der Waals surface area contributed by atoms with Gasteiger partial charge in [0.1, 0.15) is 0 Å². The van der Waals surface area contributed by atoms with E-state index in [1.807, 2.05) is 19.1 Å². The van der Waals surface area contributed by atoms with Gasteiger partial charge < -0.3 is 0 Å². The van der Waals surface area contributed by atoms with Crippen LogP contribution in [0.3, 0.4) is 0 Å². The van der Waals surface area contributed by atoms with Gasteiger partial charge in [0.05, 0.1) is 6.07 Å². The Kier molecular flexibility index (Phi) is 2.87. The highest BCUT2D eigenvalue weighted by Gasteiger charge is 2.37. The summed E-state index contributed by atoms with van der Waals surface area (Å²) in [5.74, 6) is 0. The van der Waals surface area contributed by atoms with Crippen molar-refractivity contribution in [3.63, 3.8) is 0 Å². The maximum atomic E-state index is 11.6. The highest BCUT2D eigenvalue weighted by atomic mass is 32.2. The second kappa shape index (κ2) is 3.67. The summed E-state index contributed by atoms with van der Waals surface area (Å²) in [4.78, 5) is 0. The third kappa shape index (κ3) is 2.02. The van der Waals surface area contributed by atoms with E-state index in [-0.39, 0.29) is 0 Å². The van der Waals surface area contributed by atoms with Crippen molar-refractivity contribution < 1.29 is 8.42 Å². The molecule has 0 aromatic heterocycles. The first kappa shape index (κ1) is 11.7. The van der Waals surface area contributed by atoms with Crippen LogP contribution in [0.2, 0.25) is 0 Å². The summed E-state index contributed by atoms with van der Waals surface area (Å²) in [6.07, 6.45) is 1.08. The molecule has 0 amide bonds. The molecular weight excluding hydrogens is 210 g/mol. The third-order valence-corrected chi connectivity index (χ3v) is 4.33. The number of rotatable bonds is 2. The van der Waals surface area contributed by atoms with Crippen LogP contribution in [0, 0.1) is 18.3 Å². The average Bonchev–Trinajstić information content (AvgIpc) is 2.14. The summed E-state index contributed by atoms with van der Waals surface area (Å²) >= 11 is 0. The van der Waals surface area contributed by atoms with Crippen LogP contribution in [0.15, 0.2) is 24.3 Å². The van der Waals surface area contributed by atoms with Crippen LogP contribution >= 0.6 is 0 Å². The fourth-order valence-electron chi connectivity index (χ4n) is 1.30. The summed E-state index contributed by atoms with van der Waals surface area (Å²) in [5.41, 5.74) is 1.46. The Labute approximate surface area is 90.3 Å². The third-order valence-electron chi connectivity index (χ3n) is 2.52. The lowest BCUT2D eigenvalue weighted by molar-refractivity contribution is 0.577. The fraction of sp³-hybridized carbons (Fsp3) is 0.364. The Hall–Kier alpha value is -1.34. The molecule has 0 aliphatic heterocycles. The number of nitriles is 1. The molecule has 1 aromatic carbocycles. The zero-order valence-electron chi connectivity index (χ0n) is 8.98. The van der Waals surface area contributed by atoms with Crippen molar-refractivity contribution in [3.05, 3.63) is 35.4 Å². The lowest BCUT2D eigenvalue weighted by Crippen LogP contribution is -2.30. The summed E-state index contributed by atoms with van der Waals surface area (Å²) in [7, 11) is -3.45. The molecule has 0 saturated carbocycles. The Morgan fingerprint density at radius 3 is 2.40 bits per heavy atom. The van der Waals surface area contributed by atoms with Gasteiger partial charge in [0.15, 0.2) is 14.6 Å². The van der Waals surface area contributed by atoms with Gasteiger partial charge in [-0.1, -0.05) is 29.8 Å². The van der Waals surface area contributed by atoms with Gasteiger partial charge >= 0.3 is 0 Å². The minimum atomic E-state index is -3.45. The highest BCUT2D eigenvalue weighted by molar-refractivity contribution is 7.91. The fourth-order valence-corrected chi connectivity index (χ4v) is 2.02. The van der Waals surface area contributed by atoms with Gasteiger partial charge in [-0.15, -0.1) is 0 Å². The molecule has 0 aliphatic carbocycles. The summed E-state index contributed by atoms with van der Waals surface area (Å²) in [5, 5.41) is 9.04. The highest BCUT2D eigenvalue weighted by Crippen LogP contribution is 2.29. The Bertz CT molecular complexity index is 514. The molecule has 0 bridgehead atoms. The molecule has 1 unspecified atom stereocenters. The number of aryl methyl sites for hydroxylation is 1. The molecule has 0 heterocycles. The molecule has 80 valence electrons. The lowest BCUT2D eigenvalue weighted by atomic mass is 10.00. The summed E-state index contributed by atoms with van der Waals surface area (Å²) in [6.45, 7) is 3.29. The minimum Gasteiger partial charge on any atom is -0.227 e. The van der Waals surface area contributed by atoms with Crippen LogP contribution in [0.1, 0.15) is 18.1 Å². The molecular formula is C11H13NO2S. The number of hydrogen-bond donors (Lipinski definition) is 0. The van der Waals surface area contributed by atoms with Crippen LogP contribution in [0.5, 0.6) is 0 Å². The molecule has 0 saturated heterocycles. The normalized spacial score (nSPS) is 15.3. The van der Waals surface area contributed by atoms with E-state index in [0.717, 1.165) is 11.8 Å². The molecule has 1 aromatic rings.